The van der Waals surface area contributed by atoms with Gasteiger partial charge < -0.3 is 9.84 Å². The molecule has 0 heterocycles. The highest BCUT2D eigenvalue weighted by atomic mass is 32.5. The minimum atomic E-state index is -9.96. The average molecular weight is 340 g/mol. The van der Waals surface area contributed by atoms with Crippen molar-refractivity contribution in [3.8, 4) is 11.5 Å². The SMILES string of the molecule is O=C(Oc1ccccc1)c1cc(S(F)(F)(F)(F)F)ccc1O. The van der Waals surface area contributed by atoms with E-state index in [4.69, 9.17) is 4.74 Å². The molecule has 2 aromatic rings. The van der Waals surface area contributed by atoms with E-state index in [2.05, 4.69) is 0 Å². The van der Waals surface area contributed by atoms with Gasteiger partial charge in [-0.2, -0.15) is 0 Å². The molecule has 120 valence electrons. The molecule has 0 spiro atoms. The van der Waals surface area contributed by atoms with Crippen LogP contribution in [-0.4, -0.2) is 11.1 Å². The fraction of sp³-hybridized carbons (Fsp3) is 0. The molecule has 0 atom stereocenters. The number of aromatic hydroxyl groups is 1. The molecule has 22 heavy (non-hydrogen) atoms. The third-order valence-electron chi connectivity index (χ3n) is 2.59. The van der Waals surface area contributed by atoms with Crippen molar-refractivity contribution in [2.24, 2.45) is 0 Å². The highest BCUT2D eigenvalue weighted by molar-refractivity contribution is 8.45. The smallest absolute Gasteiger partial charge is 0.347 e. The molecule has 9 heteroatoms. The van der Waals surface area contributed by atoms with Gasteiger partial charge in [0.15, 0.2) is 0 Å². The van der Waals surface area contributed by atoms with Crippen LogP contribution in [0, 0.1) is 0 Å². The Morgan fingerprint density at radius 2 is 1.55 bits per heavy atom. The Kier molecular flexibility index (Phi) is 3.18. The van der Waals surface area contributed by atoms with Crippen molar-refractivity contribution in [3.63, 3.8) is 0 Å². The first-order valence-corrected chi connectivity index (χ1v) is 7.66. The van der Waals surface area contributed by atoms with Crippen molar-refractivity contribution in [2.75, 3.05) is 0 Å². The van der Waals surface area contributed by atoms with Crippen LogP contribution >= 0.6 is 10.2 Å². The van der Waals surface area contributed by atoms with E-state index in [-0.39, 0.29) is 17.9 Å². The number of carbonyl (C=O) groups excluding carboxylic acids is 1. The van der Waals surface area contributed by atoms with Crippen LogP contribution < -0.4 is 4.74 Å². The zero-order valence-electron chi connectivity index (χ0n) is 10.7. The predicted molar refractivity (Wildman–Crippen MR) is 70.9 cm³/mol. The second-order valence-electron chi connectivity index (χ2n) is 4.35. The maximum absolute atomic E-state index is 12.7. The summed E-state index contributed by atoms with van der Waals surface area (Å²) in [6, 6.07) is 7.52. The van der Waals surface area contributed by atoms with E-state index < -0.39 is 32.4 Å². The summed E-state index contributed by atoms with van der Waals surface area (Å²) in [6.07, 6.45) is 0. The van der Waals surface area contributed by atoms with E-state index >= 15 is 0 Å². The van der Waals surface area contributed by atoms with Crippen LogP contribution in [-0.2, 0) is 0 Å². The van der Waals surface area contributed by atoms with Gasteiger partial charge in [0.25, 0.3) is 0 Å². The van der Waals surface area contributed by atoms with Gasteiger partial charge in [0.1, 0.15) is 22.0 Å². The highest BCUT2D eigenvalue weighted by Gasteiger charge is 2.65. The van der Waals surface area contributed by atoms with Gasteiger partial charge in [0.2, 0.25) is 0 Å². The Morgan fingerprint density at radius 3 is 2.09 bits per heavy atom. The van der Waals surface area contributed by atoms with Crippen molar-refractivity contribution >= 4 is 16.2 Å². The van der Waals surface area contributed by atoms with Crippen LogP contribution in [0.5, 0.6) is 11.5 Å². The molecule has 0 aromatic heterocycles. The number of hydrogen-bond donors (Lipinski definition) is 1. The van der Waals surface area contributed by atoms with Gasteiger partial charge in [-0.05, 0) is 30.3 Å². The van der Waals surface area contributed by atoms with Gasteiger partial charge in [-0.1, -0.05) is 37.6 Å². The van der Waals surface area contributed by atoms with E-state index in [0.717, 1.165) is 0 Å². The summed E-state index contributed by atoms with van der Waals surface area (Å²) in [5, 5.41) is 9.42. The number of carbonyl (C=O) groups is 1. The van der Waals surface area contributed by atoms with E-state index in [0.29, 0.717) is 6.07 Å². The first-order chi connectivity index (χ1) is 9.86. The zero-order chi connectivity index (χ0) is 16.7. The Hall–Kier alpha value is -2.29. The fourth-order valence-electron chi connectivity index (χ4n) is 1.57. The van der Waals surface area contributed by atoms with Crippen molar-refractivity contribution in [1.82, 2.24) is 0 Å². The standard InChI is InChI=1S/C13H9F5O3S/c14-22(15,16,17,18)10-6-7-12(19)11(8-10)13(20)21-9-4-2-1-3-5-9/h1-8,19H. The quantitative estimate of drug-likeness (QED) is 0.470. The topological polar surface area (TPSA) is 46.5 Å². The molecule has 0 saturated heterocycles. The summed E-state index contributed by atoms with van der Waals surface area (Å²) < 4.78 is 68.3. The van der Waals surface area contributed by atoms with Gasteiger partial charge >= 0.3 is 16.2 Å². The molecule has 0 aliphatic heterocycles. The Balaban J connectivity index is 2.42. The number of esters is 1. The number of hydrogen-bond acceptors (Lipinski definition) is 3. The first-order valence-electron chi connectivity index (χ1n) is 5.71. The van der Waals surface area contributed by atoms with Crippen LogP contribution in [0.15, 0.2) is 53.4 Å². The summed E-state index contributed by atoms with van der Waals surface area (Å²) in [5.41, 5.74) is -1.00. The lowest BCUT2D eigenvalue weighted by Crippen LogP contribution is -2.12. The number of ether oxygens (including phenoxy) is 1. The molecule has 0 unspecified atom stereocenters. The summed E-state index contributed by atoms with van der Waals surface area (Å²) >= 11 is 0. The lowest BCUT2D eigenvalue weighted by Gasteiger charge is -2.40. The van der Waals surface area contributed by atoms with Crippen molar-refractivity contribution in [3.05, 3.63) is 54.1 Å². The number of rotatable bonds is 3. The normalized spacial score (nSPS) is 14.8. The van der Waals surface area contributed by atoms with Gasteiger partial charge in [-0.15, -0.1) is 0 Å². The third-order valence-corrected chi connectivity index (χ3v) is 3.73. The van der Waals surface area contributed by atoms with Crippen LogP contribution in [0.4, 0.5) is 19.4 Å². The van der Waals surface area contributed by atoms with Gasteiger partial charge in [0, 0.05) is 0 Å². The second-order valence-corrected chi connectivity index (χ2v) is 6.76. The number of benzene rings is 2. The minimum absolute atomic E-state index is 0.00959. The van der Waals surface area contributed by atoms with Crippen LogP contribution in [0.3, 0.4) is 0 Å². The summed E-state index contributed by atoms with van der Waals surface area (Å²) in [6.45, 7) is 0. The van der Waals surface area contributed by atoms with Crippen LogP contribution in [0.1, 0.15) is 10.4 Å². The molecule has 3 nitrogen and oxygen atoms in total. The van der Waals surface area contributed by atoms with Gasteiger partial charge in [0.05, 0.1) is 0 Å². The molecule has 0 aliphatic rings. The number of para-hydroxylation sites is 1. The second kappa shape index (κ2) is 4.35. The maximum Gasteiger partial charge on any atom is 0.347 e. The lowest BCUT2D eigenvalue weighted by atomic mass is 10.2. The lowest BCUT2D eigenvalue weighted by molar-refractivity contribution is 0.0731. The maximum atomic E-state index is 12.7. The van der Waals surface area contributed by atoms with Crippen molar-refractivity contribution < 1.29 is 34.1 Å². The fourth-order valence-corrected chi connectivity index (χ4v) is 2.23. The molecule has 0 radical (unpaired) electrons. The molecular weight excluding hydrogens is 331 g/mol. The highest BCUT2D eigenvalue weighted by Crippen LogP contribution is 3.02. The molecule has 0 fully saturated rings. The molecule has 1 N–H and O–H groups in total. The Morgan fingerprint density at radius 1 is 0.955 bits per heavy atom. The Bertz CT molecular complexity index is 729. The molecule has 0 bridgehead atoms. The number of phenols is 1. The number of phenolic OH excluding ortho intramolecular Hbond substituents is 1. The summed E-state index contributed by atoms with van der Waals surface area (Å²) in [5.74, 6) is -2.29. The number of halogens is 5. The monoisotopic (exact) mass is 340 g/mol. The molecule has 0 amide bonds. The van der Waals surface area contributed by atoms with E-state index in [1.807, 2.05) is 0 Å². The Labute approximate surface area is 121 Å². The van der Waals surface area contributed by atoms with E-state index in [9.17, 15) is 29.3 Å². The van der Waals surface area contributed by atoms with Gasteiger partial charge in [-0.3, -0.25) is 0 Å². The first kappa shape index (κ1) is 16.1. The largest absolute Gasteiger partial charge is 0.507 e. The van der Waals surface area contributed by atoms with Crippen molar-refractivity contribution in [1.29, 1.82) is 0 Å². The van der Waals surface area contributed by atoms with E-state index in [1.165, 1.54) is 24.3 Å². The minimum Gasteiger partial charge on any atom is -0.507 e. The molecule has 2 rings (SSSR count). The predicted octanol–water partition coefficient (Wildman–Crippen LogP) is 5.27. The average Bonchev–Trinajstić information content (AvgIpc) is 2.37. The molecule has 0 saturated carbocycles. The van der Waals surface area contributed by atoms with Crippen LogP contribution in [0.2, 0.25) is 0 Å². The third kappa shape index (κ3) is 3.67. The molecular formula is C13H9F5O3S. The molecule has 0 aliphatic carbocycles. The summed E-state index contributed by atoms with van der Waals surface area (Å²) in [7, 11) is -9.96. The van der Waals surface area contributed by atoms with E-state index in [1.54, 1.807) is 6.07 Å². The zero-order valence-corrected chi connectivity index (χ0v) is 11.5. The summed E-state index contributed by atoms with van der Waals surface area (Å²) in [4.78, 5) is 9.46. The molecule has 2 aromatic carbocycles. The van der Waals surface area contributed by atoms with Gasteiger partial charge in [-0.25, -0.2) is 4.79 Å². The van der Waals surface area contributed by atoms with Crippen LogP contribution in [0.25, 0.3) is 0 Å². The van der Waals surface area contributed by atoms with Crippen molar-refractivity contribution in [2.45, 2.75) is 4.90 Å².